The van der Waals surface area contributed by atoms with Gasteiger partial charge in [-0.25, -0.2) is 0 Å². The topological polar surface area (TPSA) is 18.5 Å². The fourth-order valence-electron chi connectivity index (χ4n) is 11.0. The van der Waals surface area contributed by atoms with Gasteiger partial charge in [-0.15, -0.1) is 0 Å². The van der Waals surface area contributed by atoms with Gasteiger partial charge < -0.3 is 9.47 Å². The number of halogens is 8. The lowest BCUT2D eigenvalue weighted by Gasteiger charge is -2.38. The molecule has 0 spiro atoms. The summed E-state index contributed by atoms with van der Waals surface area (Å²) in [5.74, 6) is 6.99. The van der Waals surface area contributed by atoms with E-state index in [2.05, 4.69) is 23.3 Å². The first kappa shape index (κ1) is 48.5. The van der Waals surface area contributed by atoms with E-state index < -0.39 is 25.1 Å². The zero-order valence-electron chi connectivity index (χ0n) is 36.2. The molecule has 0 saturated heterocycles. The lowest BCUT2D eigenvalue weighted by atomic mass is 9.68. The molecule has 10 heteroatoms. The Kier molecular flexibility index (Phi) is 19.2. The SMILES string of the molecule is CCC1CCC(C2CCC(CCc3ccc(OC(F)C(F)(F)F)cc3)CC2)CC1.CCCCC1CCC(C2CCC(CCc3ccc(OC(F)C(F)(F)F)cc3)CC2)CC1. The summed E-state index contributed by atoms with van der Waals surface area (Å²) in [6, 6.07) is 12.7. The van der Waals surface area contributed by atoms with E-state index in [1.54, 1.807) is 24.3 Å². The van der Waals surface area contributed by atoms with Crippen LogP contribution in [0.2, 0.25) is 0 Å². The summed E-state index contributed by atoms with van der Waals surface area (Å²) < 4.78 is 108. The van der Waals surface area contributed by atoms with Crippen molar-refractivity contribution in [2.45, 2.75) is 193 Å². The fourth-order valence-corrected chi connectivity index (χ4v) is 11.0. The highest BCUT2D eigenvalue weighted by atomic mass is 19.4. The molecule has 2 unspecified atom stereocenters. The number of ether oxygens (including phenoxy) is 2. The van der Waals surface area contributed by atoms with Gasteiger partial charge in [0.2, 0.25) is 0 Å². The number of alkyl halides is 8. The highest BCUT2D eigenvalue weighted by molar-refractivity contribution is 5.28. The van der Waals surface area contributed by atoms with Gasteiger partial charge in [0.15, 0.2) is 0 Å². The van der Waals surface area contributed by atoms with Crippen molar-refractivity contribution >= 4 is 0 Å². The molecule has 2 nitrogen and oxygen atoms in total. The highest BCUT2D eigenvalue weighted by Crippen LogP contribution is 2.44. The van der Waals surface area contributed by atoms with Gasteiger partial charge in [-0.1, -0.05) is 115 Å². The van der Waals surface area contributed by atoms with Crippen molar-refractivity contribution in [3.05, 3.63) is 59.7 Å². The Bertz CT molecular complexity index is 1450. The lowest BCUT2D eigenvalue weighted by molar-refractivity contribution is -0.236. The summed E-state index contributed by atoms with van der Waals surface area (Å²) in [6.45, 7) is 4.60. The van der Waals surface area contributed by atoms with Crippen LogP contribution in [0.15, 0.2) is 48.5 Å². The zero-order valence-corrected chi connectivity index (χ0v) is 36.2. The van der Waals surface area contributed by atoms with E-state index in [1.165, 1.54) is 153 Å². The molecule has 2 aromatic rings. The Balaban J connectivity index is 0.000000228. The Hall–Kier alpha value is -2.52. The van der Waals surface area contributed by atoms with Crippen LogP contribution in [0.25, 0.3) is 0 Å². The molecule has 0 bridgehead atoms. The molecule has 340 valence electrons. The van der Waals surface area contributed by atoms with E-state index in [0.717, 1.165) is 84.2 Å². The minimum Gasteiger partial charge on any atom is -0.452 e. The second-order valence-electron chi connectivity index (χ2n) is 19.0. The molecule has 0 radical (unpaired) electrons. The third-order valence-corrected chi connectivity index (χ3v) is 15.0. The Morgan fingerprint density at radius 1 is 0.450 bits per heavy atom. The summed E-state index contributed by atoms with van der Waals surface area (Å²) in [5, 5.41) is 0. The molecule has 4 aliphatic rings. The van der Waals surface area contributed by atoms with Gasteiger partial charge >= 0.3 is 25.1 Å². The second-order valence-corrected chi connectivity index (χ2v) is 19.0. The molecule has 2 atom stereocenters. The molecule has 60 heavy (non-hydrogen) atoms. The minimum atomic E-state index is -4.99. The standard InChI is InChI=1S/C26H38F4O.C24H34F4O/c1-2-3-4-19-7-13-22(14-8-19)23-15-9-20(10-16-23)5-6-21-11-17-24(18-12-21)31-25(27)26(28,29)30;1-2-17-5-11-20(12-6-17)21-13-7-18(8-14-21)3-4-19-9-15-22(16-10-19)29-23(25)24(26,27)28/h11-12,17-20,22-23,25H,2-10,13-16H2,1H3;9-10,15-18,20-21,23H,2-8,11-14H2,1H3. The summed E-state index contributed by atoms with van der Waals surface area (Å²) in [5.41, 5.74) is 2.14. The normalized spacial score (nSPS) is 28.8. The van der Waals surface area contributed by atoms with Gasteiger partial charge in [0.25, 0.3) is 0 Å². The highest BCUT2D eigenvalue weighted by Gasteiger charge is 2.43. The number of rotatable bonds is 16. The Morgan fingerprint density at radius 2 is 0.750 bits per heavy atom. The smallest absolute Gasteiger partial charge is 0.452 e. The third-order valence-electron chi connectivity index (χ3n) is 15.0. The molecule has 4 saturated carbocycles. The molecule has 0 aromatic heterocycles. The van der Waals surface area contributed by atoms with Gasteiger partial charge in [0.1, 0.15) is 11.5 Å². The van der Waals surface area contributed by atoms with Crippen LogP contribution in [-0.4, -0.2) is 25.1 Å². The van der Waals surface area contributed by atoms with E-state index >= 15 is 0 Å². The molecule has 0 amide bonds. The van der Waals surface area contributed by atoms with Crippen molar-refractivity contribution in [3.63, 3.8) is 0 Å². The first-order valence-corrected chi connectivity index (χ1v) is 23.6. The first-order chi connectivity index (χ1) is 28.7. The van der Waals surface area contributed by atoms with Crippen molar-refractivity contribution in [2.24, 2.45) is 47.3 Å². The van der Waals surface area contributed by atoms with Gasteiger partial charge in [-0.2, -0.15) is 35.1 Å². The lowest BCUT2D eigenvalue weighted by Crippen LogP contribution is -2.29. The van der Waals surface area contributed by atoms with Crippen molar-refractivity contribution in [1.29, 1.82) is 0 Å². The molecular formula is C50H72F8O2. The van der Waals surface area contributed by atoms with Crippen LogP contribution in [0.5, 0.6) is 11.5 Å². The van der Waals surface area contributed by atoms with Crippen LogP contribution in [0, 0.1) is 47.3 Å². The first-order valence-electron chi connectivity index (χ1n) is 23.6. The number of hydrogen-bond donors (Lipinski definition) is 0. The maximum Gasteiger partial charge on any atom is 0.457 e. The summed E-state index contributed by atoms with van der Waals surface area (Å²) in [6.07, 6.45) is 15.1. The Morgan fingerprint density at radius 3 is 1.03 bits per heavy atom. The number of aryl methyl sites for hydroxylation is 2. The zero-order chi connectivity index (χ0) is 43.1. The van der Waals surface area contributed by atoms with Crippen LogP contribution in [0.4, 0.5) is 35.1 Å². The van der Waals surface area contributed by atoms with E-state index in [1.807, 2.05) is 0 Å². The Labute approximate surface area is 355 Å². The number of unbranched alkanes of at least 4 members (excludes halogenated alkanes) is 1. The fraction of sp³-hybridized carbons (Fsp3) is 0.760. The summed E-state index contributed by atoms with van der Waals surface area (Å²) in [4.78, 5) is 0. The molecular weight excluding hydrogens is 785 g/mol. The summed E-state index contributed by atoms with van der Waals surface area (Å²) in [7, 11) is 0. The van der Waals surface area contributed by atoms with Crippen LogP contribution >= 0.6 is 0 Å². The van der Waals surface area contributed by atoms with Gasteiger partial charge in [0, 0.05) is 0 Å². The molecule has 0 aliphatic heterocycles. The average molecular weight is 857 g/mol. The second kappa shape index (κ2) is 23.8. The molecule has 4 aliphatic carbocycles. The molecule has 4 fully saturated rings. The van der Waals surface area contributed by atoms with Crippen LogP contribution in [0.1, 0.15) is 166 Å². The van der Waals surface area contributed by atoms with Crippen molar-refractivity contribution in [2.75, 3.05) is 0 Å². The van der Waals surface area contributed by atoms with Crippen LogP contribution in [-0.2, 0) is 12.8 Å². The quantitative estimate of drug-likeness (QED) is 0.157. The average Bonchev–Trinajstić information content (AvgIpc) is 3.25. The van der Waals surface area contributed by atoms with E-state index in [9.17, 15) is 35.1 Å². The largest absolute Gasteiger partial charge is 0.457 e. The predicted octanol–water partition coefficient (Wildman–Crippen LogP) is 16.5. The number of benzene rings is 2. The molecule has 6 rings (SSSR count). The van der Waals surface area contributed by atoms with Crippen LogP contribution in [0.3, 0.4) is 0 Å². The monoisotopic (exact) mass is 857 g/mol. The third kappa shape index (κ3) is 16.0. The minimum absolute atomic E-state index is 0.0847. The predicted molar refractivity (Wildman–Crippen MR) is 224 cm³/mol. The summed E-state index contributed by atoms with van der Waals surface area (Å²) >= 11 is 0. The van der Waals surface area contributed by atoms with E-state index in [-0.39, 0.29) is 11.5 Å². The molecule has 2 aromatic carbocycles. The molecule has 0 N–H and O–H groups in total. The number of hydrogen-bond acceptors (Lipinski definition) is 2. The van der Waals surface area contributed by atoms with Gasteiger partial charge in [-0.3, -0.25) is 0 Å². The van der Waals surface area contributed by atoms with E-state index in [4.69, 9.17) is 0 Å². The van der Waals surface area contributed by atoms with Gasteiger partial charge in [-0.05, 0) is 160 Å². The maximum absolute atomic E-state index is 13.0. The maximum atomic E-state index is 13.0. The van der Waals surface area contributed by atoms with Crippen molar-refractivity contribution in [3.8, 4) is 11.5 Å². The van der Waals surface area contributed by atoms with Gasteiger partial charge in [0.05, 0.1) is 0 Å². The van der Waals surface area contributed by atoms with E-state index in [0.29, 0.717) is 0 Å². The van der Waals surface area contributed by atoms with Crippen LogP contribution < -0.4 is 9.47 Å². The molecule has 0 heterocycles. The van der Waals surface area contributed by atoms with Crippen molar-refractivity contribution < 1.29 is 44.6 Å². The van der Waals surface area contributed by atoms with Crippen molar-refractivity contribution in [1.82, 2.24) is 0 Å².